The lowest BCUT2D eigenvalue weighted by molar-refractivity contribution is -0.204. The van der Waals surface area contributed by atoms with Crippen LogP contribution in [0.1, 0.15) is 38.5 Å². The maximum absolute atomic E-state index is 14.2. The van der Waals surface area contributed by atoms with Gasteiger partial charge in [0, 0.05) is 31.5 Å². The van der Waals surface area contributed by atoms with E-state index >= 15 is 0 Å². The molecule has 6 atom stereocenters. The zero-order chi connectivity index (χ0) is 21.9. The molecule has 0 bridgehead atoms. The third-order valence-corrected chi connectivity index (χ3v) is 5.97. The van der Waals surface area contributed by atoms with Crippen molar-refractivity contribution >= 4 is 11.6 Å². The lowest BCUT2D eigenvalue weighted by Gasteiger charge is -2.39. The zero-order valence-corrected chi connectivity index (χ0v) is 16.6. The summed E-state index contributed by atoms with van der Waals surface area (Å²) >= 11 is 0. The van der Waals surface area contributed by atoms with Crippen molar-refractivity contribution in [2.45, 2.75) is 69.2 Å². The number of nitrogens with one attached hydrogen (secondary N) is 2. The van der Waals surface area contributed by atoms with Crippen molar-refractivity contribution in [2.24, 2.45) is 11.8 Å². The molecular weight excluding hydrogens is 408 g/mol. The van der Waals surface area contributed by atoms with Crippen molar-refractivity contribution in [3.63, 3.8) is 0 Å². The maximum Gasteiger partial charge on any atom is 0.391 e. The van der Waals surface area contributed by atoms with Crippen LogP contribution in [0.5, 0.6) is 0 Å². The highest BCUT2D eigenvalue weighted by atomic mass is 19.4. The molecule has 168 valence electrons. The number of aromatic amines is 1. The molecule has 2 N–H and O–H groups in total. The second kappa shape index (κ2) is 9.47. The molecule has 2 aliphatic rings. The largest absolute Gasteiger partial charge is 0.391 e. The van der Waals surface area contributed by atoms with E-state index in [-0.39, 0.29) is 31.4 Å². The topological polar surface area (TPSA) is 80.4 Å². The fourth-order valence-corrected chi connectivity index (χ4v) is 4.32. The SMILES string of the molecule is COC1CCC(OC2CC(C(F)(F)F)CCC2C(=O)Nc2cc[nH]c(=O)c2)CC1F. The summed E-state index contributed by atoms with van der Waals surface area (Å²) in [4.78, 5) is 26.6. The van der Waals surface area contributed by atoms with Gasteiger partial charge >= 0.3 is 6.18 Å². The van der Waals surface area contributed by atoms with Crippen LogP contribution in [0.25, 0.3) is 0 Å². The molecule has 10 heteroatoms. The monoisotopic (exact) mass is 434 g/mol. The van der Waals surface area contributed by atoms with Gasteiger partial charge in [-0.05, 0) is 38.2 Å². The summed E-state index contributed by atoms with van der Waals surface area (Å²) in [6.07, 6.45) is -6.04. The molecule has 0 spiro atoms. The minimum atomic E-state index is -4.38. The molecular formula is C20H26F4N2O4. The lowest BCUT2D eigenvalue weighted by Crippen LogP contribution is -2.46. The summed E-state index contributed by atoms with van der Waals surface area (Å²) in [5, 5.41) is 2.58. The Morgan fingerprint density at radius 3 is 2.57 bits per heavy atom. The van der Waals surface area contributed by atoms with Crippen molar-refractivity contribution in [3.05, 3.63) is 28.7 Å². The van der Waals surface area contributed by atoms with Crippen LogP contribution < -0.4 is 10.9 Å². The van der Waals surface area contributed by atoms with E-state index in [9.17, 15) is 27.2 Å². The Morgan fingerprint density at radius 2 is 1.93 bits per heavy atom. The molecule has 2 aliphatic carbocycles. The average molecular weight is 434 g/mol. The Morgan fingerprint density at radius 1 is 1.17 bits per heavy atom. The number of ether oxygens (including phenoxy) is 2. The summed E-state index contributed by atoms with van der Waals surface area (Å²) in [6.45, 7) is 0. The Labute approximate surface area is 171 Å². The van der Waals surface area contributed by atoms with Gasteiger partial charge in [-0.15, -0.1) is 0 Å². The molecule has 0 radical (unpaired) electrons. The van der Waals surface area contributed by atoms with E-state index in [2.05, 4.69) is 10.3 Å². The van der Waals surface area contributed by atoms with Gasteiger partial charge < -0.3 is 19.8 Å². The summed E-state index contributed by atoms with van der Waals surface area (Å²) < 4.78 is 65.1. The van der Waals surface area contributed by atoms with Crippen LogP contribution in [0.3, 0.4) is 0 Å². The van der Waals surface area contributed by atoms with Crippen LogP contribution >= 0.6 is 0 Å². The number of amides is 1. The molecule has 1 amide bonds. The van der Waals surface area contributed by atoms with Crippen molar-refractivity contribution in [1.82, 2.24) is 4.98 Å². The van der Waals surface area contributed by atoms with Gasteiger partial charge in [0.05, 0.1) is 30.1 Å². The lowest BCUT2D eigenvalue weighted by atomic mass is 9.78. The molecule has 2 saturated carbocycles. The number of pyridine rings is 1. The molecule has 0 aliphatic heterocycles. The normalized spacial score (nSPS) is 32.6. The number of H-pyrrole nitrogens is 1. The number of alkyl halides is 4. The number of hydrogen-bond acceptors (Lipinski definition) is 4. The van der Waals surface area contributed by atoms with Gasteiger partial charge in [0.15, 0.2) is 0 Å². The second-order valence-electron chi connectivity index (χ2n) is 7.99. The number of methoxy groups -OCH3 is 1. The summed E-state index contributed by atoms with van der Waals surface area (Å²) in [6, 6.07) is 2.67. The van der Waals surface area contributed by atoms with Gasteiger partial charge in [-0.3, -0.25) is 9.59 Å². The number of rotatable bonds is 5. The predicted molar refractivity (Wildman–Crippen MR) is 101 cm³/mol. The van der Waals surface area contributed by atoms with Crippen molar-refractivity contribution < 1.29 is 31.8 Å². The van der Waals surface area contributed by atoms with Gasteiger partial charge in [-0.25, -0.2) is 4.39 Å². The Bertz CT molecular complexity index is 785. The quantitative estimate of drug-likeness (QED) is 0.695. The Hall–Kier alpha value is -1.94. The number of anilines is 1. The van der Waals surface area contributed by atoms with Gasteiger partial charge in [-0.1, -0.05) is 0 Å². The summed E-state index contributed by atoms with van der Waals surface area (Å²) in [5.74, 6) is -2.89. The van der Waals surface area contributed by atoms with Crippen LogP contribution in [-0.2, 0) is 14.3 Å². The minimum Gasteiger partial charge on any atom is -0.378 e. The zero-order valence-electron chi connectivity index (χ0n) is 16.6. The molecule has 1 aromatic heterocycles. The minimum absolute atomic E-state index is 0.00363. The van der Waals surface area contributed by atoms with Crippen molar-refractivity contribution in [2.75, 3.05) is 12.4 Å². The van der Waals surface area contributed by atoms with E-state index in [0.717, 1.165) is 0 Å². The van der Waals surface area contributed by atoms with Gasteiger partial charge in [0.2, 0.25) is 11.5 Å². The predicted octanol–water partition coefficient (Wildman–Crippen LogP) is 3.58. The first-order chi connectivity index (χ1) is 14.2. The van der Waals surface area contributed by atoms with Crippen LogP contribution in [0, 0.1) is 11.8 Å². The molecule has 1 aromatic rings. The number of halogens is 4. The highest BCUT2D eigenvalue weighted by molar-refractivity contribution is 5.92. The van der Waals surface area contributed by atoms with E-state index in [1.165, 1.54) is 25.4 Å². The number of aromatic nitrogens is 1. The highest BCUT2D eigenvalue weighted by Gasteiger charge is 2.48. The number of hydrogen-bond donors (Lipinski definition) is 2. The third kappa shape index (κ3) is 5.60. The van der Waals surface area contributed by atoms with Crippen LogP contribution in [0.2, 0.25) is 0 Å². The number of carbonyl (C=O) groups is 1. The first-order valence-electron chi connectivity index (χ1n) is 10.1. The molecule has 3 rings (SSSR count). The van der Waals surface area contributed by atoms with Crippen LogP contribution in [0.4, 0.5) is 23.2 Å². The standard InChI is InChI=1S/C20H26F4N2O4/c1-29-16-5-3-13(10-15(16)21)30-17-8-11(20(22,23)24)2-4-14(17)19(28)26-12-6-7-25-18(27)9-12/h6-7,9,11,13-17H,2-5,8,10H2,1H3,(H2,25,26,27,28). The molecule has 30 heavy (non-hydrogen) atoms. The second-order valence-corrected chi connectivity index (χ2v) is 7.99. The molecule has 0 saturated heterocycles. The highest BCUT2D eigenvalue weighted by Crippen LogP contribution is 2.42. The van der Waals surface area contributed by atoms with E-state index < -0.39 is 54.0 Å². The van der Waals surface area contributed by atoms with E-state index in [4.69, 9.17) is 9.47 Å². The molecule has 1 heterocycles. The van der Waals surface area contributed by atoms with Gasteiger partial charge in [-0.2, -0.15) is 13.2 Å². The molecule has 6 nitrogen and oxygen atoms in total. The Balaban J connectivity index is 1.71. The smallest absolute Gasteiger partial charge is 0.378 e. The first-order valence-corrected chi connectivity index (χ1v) is 10.1. The number of carbonyl (C=O) groups excluding carboxylic acids is 1. The molecule has 0 aromatic carbocycles. The molecule has 2 fully saturated rings. The van der Waals surface area contributed by atoms with Crippen LogP contribution in [0.15, 0.2) is 23.1 Å². The summed E-state index contributed by atoms with van der Waals surface area (Å²) in [5.41, 5.74) is -0.157. The Kier molecular flexibility index (Phi) is 7.18. The molecule has 6 unspecified atom stereocenters. The van der Waals surface area contributed by atoms with Crippen LogP contribution in [-0.4, -0.2) is 48.7 Å². The third-order valence-electron chi connectivity index (χ3n) is 5.97. The van der Waals surface area contributed by atoms with Crippen molar-refractivity contribution in [1.29, 1.82) is 0 Å². The van der Waals surface area contributed by atoms with Crippen molar-refractivity contribution in [3.8, 4) is 0 Å². The average Bonchev–Trinajstić information content (AvgIpc) is 2.67. The fraction of sp³-hybridized carbons (Fsp3) is 0.700. The van der Waals surface area contributed by atoms with Gasteiger partial charge in [0.1, 0.15) is 6.17 Å². The maximum atomic E-state index is 14.2. The van der Waals surface area contributed by atoms with E-state index in [1.54, 1.807) is 0 Å². The van der Waals surface area contributed by atoms with Gasteiger partial charge in [0.25, 0.3) is 0 Å². The fourth-order valence-electron chi connectivity index (χ4n) is 4.32. The van der Waals surface area contributed by atoms with E-state index in [0.29, 0.717) is 12.8 Å². The first kappa shape index (κ1) is 22.7. The van der Waals surface area contributed by atoms with E-state index in [1.807, 2.05) is 0 Å². The summed E-state index contributed by atoms with van der Waals surface area (Å²) in [7, 11) is 1.42.